The van der Waals surface area contributed by atoms with Gasteiger partial charge in [-0.1, -0.05) is 6.07 Å². The van der Waals surface area contributed by atoms with Gasteiger partial charge in [0, 0.05) is 25.4 Å². The molecule has 2 aliphatic rings. The van der Waals surface area contributed by atoms with Gasteiger partial charge >= 0.3 is 5.69 Å². The number of nitrogens with one attached hydrogen (secondary N) is 2. The fourth-order valence-corrected chi connectivity index (χ4v) is 4.29. The highest BCUT2D eigenvalue weighted by molar-refractivity contribution is 6.00. The van der Waals surface area contributed by atoms with Crippen LogP contribution in [0.25, 0.3) is 11.0 Å². The van der Waals surface area contributed by atoms with Gasteiger partial charge in [-0.2, -0.15) is 0 Å². The van der Waals surface area contributed by atoms with Gasteiger partial charge in [0.2, 0.25) is 11.8 Å². The summed E-state index contributed by atoms with van der Waals surface area (Å²) in [5.74, 6) is -0.706. The molecule has 1 aromatic carbocycles. The number of carbonyl (C=O) groups is 2. The Bertz CT molecular complexity index is 961. The number of piperidine rings is 2. The van der Waals surface area contributed by atoms with Crippen LogP contribution in [0.15, 0.2) is 23.0 Å². The fraction of sp³-hybridized carbons (Fsp3) is 0.526. The maximum atomic E-state index is 13.0. The second-order valence-corrected chi connectivity index (χ2v) is 7.28. The summed E-state index contributed by atoms with van der Waals surface area (Å²) in [5.41, 5.74) is 2.20. The predicted octanol–water partition coefficient (Wildman–Crippen LogP) is 0.238. The molecule has 3 heterocycles. The first kappa shape index (κ1) is 17.9. The number of β-amino-alcohol motifs (C(OH)–C–C–N with tert-alkyl or cyclic N) is 1. The van der Waals surface area contributed by atoms with Crippen molar-refractivity contribution in [3.63, 3.8) is 0 Å². The molecular formula is C19H24N4O4. The molecule has 2 saturated heterocycles. The molecule has 3 atom stereocenters. The van der Waals surface area contributed by atoms with E-state index in [0.29, 0.717) is 25.0 Å². The Morgan fingerprint density at radius 3 is 2.70 bits per heavy atom. The van der Waals surface area contributed by atoms with E-state index < -0.39 is 18.1 Å². The number of aromatic nitrogens is 2. The summed E-state index contributed by atoms with van der Waals surface area (Å²) in [4.78, 5) is 36.8. The van der Waals surface area contributed by atoms with Crippen LogP contribution >= 0.6 is 0 Å². The maximum absolute atomic E-state index is 13.0. The van der Waals surface area contributed by atoms with E-state index in [9.17, 15) is 19.5 Å². The number of hydrogen-bond donors (Lipinski definition) is 3. The van der Waals surface area contributed by atoms with Crippen molar-refractivity contribution >= 4 is 22.8 Å². The SMILES string of the molecule is CCn1c(=O)n(C2CCC(=O)NC2=O)c2ccc([C@@H]3CCNC[C@H]3O)cc21. The van der Waals surface area contributed by atoms with Crippen molar-refractivity contribution < 1.29 is 14.7 Å². The summed E-state index contributed by atoms with van der Waals surface area (Å²) in [5, 5.41) is 15.8. The van der Waals surface area contributed by atoms with E-state index >= 15 is 0 Å². The van der Waals surface area contributed by atoms with Crippen LogP contribution in [0.4, 0.5) is 0 Å². The Morgan fingerprint density at radius 1 is 1.19 bits per heavy atom. The van der Waals surface area contributed by atoms with Crippen molar-refractivity contribution in [2.24, 2.45) is 0 Å². The molecule has 8 heteroatoms. The zero-order chi connectivity index (χ0) is 19.1. The number of aliphatic hydroxyl groups excluding tert-OH is 1. The highest BCUT2D eigenvalue weighted by Crippen LogP contribution is 2.30. The lowest BCUT2D eigenvalue weighted by Crippen LogP contribution is -2.44. The van der Waals surface area contributed by atoms with Gasteiger partial charge in [-0.15, -0.1) is 0 Å². The third kappa shape index (κ3) is 2.98. The van der Waals surface area contributed by atoms with Crippen LogP contribution in [0.3, 0.4) is 0 Å². The van der Waals surface area contributed by atoms with E-state index in [4.69, 9.17) is 0 Å². The molecule has 0 aliphatic carbocycles. The molecule has 0 bridgehead atoms. The maximum Gasteiger partial charge on any atom is 0.329 e. The summed E-state index contributed by atoms with van der Waals surface area (Å²) in [6, 6.07) is 5.07. The van der Waals surface area contributed by atoms with Crippen LogP contribution in [0.2, 0.25) is 0 Å². The number of imidazole rings is 1. The van der Waals surface area contributed by atoms with Crippen LogP contribution in [0.5, 0.6) is 0 Å². The topological polar surface area (TPSA) is 105 Å². The monoisotopic (exact) mass is 372 g/mol. The summed E-state index contributed by atoms with van der Waals surface area (Å²) >= 11 is 0. The van der Waals surface area contributed by atoms with Gasteiger partial charge < -0.3 is 10.4 Å². The van der Waals surface area contributed by atoms with E-state index in [2.05, 4.69) is 10.6 Å². The number of imide groups is 1. The molecule has 2 fully saturated rings. The molecule has 0 spiro atoms. The predicted molar refractivity (Wildman–Crippen MR) is 99.5 cm³/mol. The molecule has 27 heavy (non-hydrogen) atoms. The fourth-order valence-electron chi connectivity index (χ4n) is 4.29. The summed E-state index contributed by atoms with van der Waals surface area (Å²) < 4.78 is 3.15. The lowest BCUT2D eigenvalue weighted by atomic mass is 9.87. The Balaban J connectivity index is 1.82. The summed E-state index contributed by atoms with van der Waals surface area (Å²) in [6.07, 6.45) is 0.912. The van der Waals surface area contributed by atoms with Gasteiger partial charge in [0.15, 0.2) is 0 Å². The van der Waals surface area contributed by atoms with E-state index in [1.165, 1.54) is 4.57 Å². The van der Waals surface area contributed by atoms with Crippen LogP contribution in [-0.4, -0.2) is 45.2 Å². The van der Waals surface area contributed by atoms with Crippen molar-refractivity contribution in [1.29, 1.82) is 0 Å². The van der Waals surface area contributed by atoms with Crippen molar-refractivity contribution in [3.8, 4) is 0 Å². The number of hydrogen-bond acceptors (Lipinski definition) is 5. The quantitative estimate of drug-likeness (QED) is 0.670. The minimum atomic E-state index is -0.680. The van der Waals surface area contributed by atoms with Crippen molar-refractivity contribution in [2.75, 3.05) is 13.1 Å². The molecule has 2 aromatic rings. The second kappa shape index (κ2) is 6.94. The lowest BCUT2D eigenvalue weighted by molar-refractivity contribution is -0.135. The van der Waals surface area contributed by atoms with Crippen LogP contribution in [0, 0.1) is 0 Å². The first-order chi connectivity index (χ1) is 13.0. The normalized spacial score (nSPS) is 26.4. The minimum absolute atomic E-state index is 0.0232. The van der Waals surface area contributed by atoms with Gasteiger partial charge in [-0.25, -0.2) is 4.79 Å². The van der Waals surface area contributed by atoms with Crippen molar-refractivity contribution in [1.82, 2.24) is 19.8 Å². The molecule has 144 valence electrons. The molecule has 0 saturated carbocycles. The average molecular weight is 372 g/mol. The highest BCUT2D eigenvalue weighted by Gasteiger charge is 2.32. The Hall–Kier alpha value is -2.45. The zero-order valence-corrected chi connectivity index (χ0v) is 15.3. The smallest absolute Gasteiger partial charge is 0.329 e. The Labute approximate surface area is 156 Å². The van der Waals surface area contributed by atoms with Gasteiger partial charge in [0.05, 0.1) is 17.1 Å². The van der Waals surface area contributed by atoms with E-state index in [1.54, 1.807) is 4.57 Å². The molecule has 8 nitrogen and oxygen atoms in total. The molecule has 0 radical (unpaired) electrons. The third-order valence-electron chi connectivity index (χ3n) is 5.70. The molecule has 3 N–H and O–H groups in total. The summed E-state index contributed by atoms with van der Waals surface area (Å²) in [6.45, 7) is 3.77. The number of amides is 2. The van der Waals surface area contributed by atoms with Gasteiger partial charge in [-0.3, -0.25) is 24.0 Å². The van der Waals surface area contributed by atoms with Gasteiger partial charge in [0.1, 0.15) is 6.04 Å². The highest BCUT2D eigenvalue weighted by atomic mass is 16.3. The van der Waals surface area contributed by atoms with Crippen LogP contribution in [-0.2, 0) is 16.1 Å². The number of rotatable bonds is 3. The van der Waals surface area contributed by atoms with Crippen molar-refractivity contribution in [3.05, 3.63) is 34.2 Å². The summed E-state index contributed by atoms with van der Waals surface area (Å²) in [7, 11) is 0. The Kier molecular flexibility index (Phi) is 4.61. The molecule has 2 amide bonds. The van der Waals surface area contributed by atoms with E-state index in [1.807, 2.05) is 25.1 Å². The second-order valence-electron chi connectivity index (χ2n) is 7.28. The average Bonchev–Trinajstić information content (AvgIpc) is 2.93. The zero-order valence-electron chi connectivity index (χ0n) is 15.3. The molecule has 2 aliphatic heterocycles. The Morgan fingerprint density at radius 2 is 2.00 bits per heavy atom. The number of nitrogens with zero attached hydrogens (tertiary/aromatic N) is 2. The number of fused-ring (bicyclic) bond motifs is 1. The standard InChI is InChI=1S/C19H24N4O4/c1-2-22-15-9-11(12-7-8-20-10-16(12)24)3-4-13(15)23(19(22)27)14-5-6-17(25)21-18(14)26/h3-4,9,12,14,16,20,24H,2,5-8,10H2,1H3,(H,21,25,26)/t12-,14?,16+/m0/s1. The lowest BCUT2D eigenvalue weighted by Gasteiger charge is -2.28. The van der Waals surface area contributed by atoms with E-state index in [0.717, 1.165) is 24.0 Å². The number of aliphatic hydroxyl groups is 1. The van der Waals surface area contributed by atoms with Crippen LogP contribution < -0.4 is 16.3 Å². The third-order valence-corrected chi connectivity index (χ3v) is 5.70. The van der Waals surface area contributed by atoms with Gasteiger partial charge in [0.25, 0.3) is 0 Å². The number of aryl methyl sites for hydroxylation is 1. The molecule has 1 aromatic heterocycles. The molecular weight excluding hydrogens is 348 g/mol. The first-order valence-electron chi connectivity index (χ1n) is 9.48. The van der Waals surface area contributed by atoms with Crippen molar-refractivity contribution in [2.45, 2.75) is 50.8 Å². The minimum Gasteiger partial charge on any atom is -0.391 e. The largest absolute Gasteiger partial charge is 0.391 e. The molecule has 4 rings (SSSR count). The first-order valence-corrected chi connectivity index (χ1v) is 9.48. The van der Waals surface area contributed by atoms with Crippen LogP contribution in [0.1, 0.15) is 43.7 Å². The van der Waals surface area contributed by atoms with Gasteiger partial charge in [-0.05, 0) is 44.0 Å². The molecule has 1 unspecified atom stereocenters. The number of carbonyl (C=O) groups excluding carboxylic acids is 2. The van der Waals surface area contributed by atoms with E-state index in [-0.39, 0.29) is 23.9 Å². The number of benzene rings is 1.